The number of carbonyl (C=O) groups is 1. The maximum atomic E-state index is 8.00. The number of pyridine rings is 1. The van der Waals surface area contributed by atoms with Gasteiger partial charge in [-0.15, -0.1) is 0 Å². The summed E-state index contributed by atoms with van der Waals surface area (Å²) in [6.07, 6.45) is 1.67. The van der Waals surface area contributed by atoms with Gasteiger partial charge in [-0.2, -0.15) is 15.0 Å². The molecule has 0 radical (unpaired) electrons. The van der Waals surface area contributed by atoms with Gasteiger partial charge in [-0.25, -0.2) is 4.98 Å². The first-order valence-corrected chi connectivity index (χ1v) is 6.16. The first-order valence-electron chi connectivity index (χ1n) is 6.16. The monoisotopic (exact) mass is 299 g/mol. The second-order valence-electron chi connectivity index (χ2n) is 4.18. The number of aromatic nitrogens is 6. The van der Waals surface area contributed by atoms with E-state index < -0.39 is 0 Å². The van der Waals surface area contributed by atoms with E-state index in [1.807, 2.05) is 25.8 Å². The van der Waals surface area contributed by atoms with Crippen LogP contribution in [0.2, 0.25) is 0 Å². The van der Waals surface area contributed by atoms with Crippen LogP contribution in [-0.2, 0) is 4.79 Å². The average molecular weight is 299 g/mol. The number of nitrogens with two attached hydrogens (primary N) is 1. The van der Waals surface area contributed by atoms with Crippen molar-refractivity contribution in [3.8, 4) is 23.1 Å². The van der Waals surface area contributed by atoms with E-state index in [1.54, 1.807) is 13.1 Å². The molecule has 0 saturated carbocycles. The van der Waals surface area contributed by atoms with Crippen LogP contribution in [0.15, 0.2) is 22.9 Å². The van der Waals surface area contributed by atoms with E-state index in [1.165, 1.54) is 0 Å². The Hall–Kier alpha value is -3.23. The summed E-state index contributed by atoms with van der Waals surface area (Å²) < 4.78 is 5.18. The zero-order chi connectivity index (χ0) is 16.1. The largest absolute Gasteiger partial charge is 0.368 e. The fraction of sp³-hybridized carbons (Fsp3) is 0.154. The van der Waals surface area contributed by atoms with Crippen LogP contribution in [0.3, 0.4) is 0 Å². The quantitative estimate of drug-likeness (QED) is 0.735. The number of rotatable bonds is 2. The fourth-order valence-electron chi connectivity index (χ4n) is 1.63. The Labute approximate surface area is 125 Å². The molecule has 3 aromatic heterocycles. The smallest absolute Gasteiger partial charge is 0.259 e. The van der Waals surface area contributed by atoms with Crippen molar-refractivity contribution >= 4 is 12.7 Å². The van der Waals surface area contributed by atoms with E-state index >= 15 is 0 Å². The van der Waals surface area contributed by atoms with Crippen LogP contribution >= 0.6 is 0 Å². The number of carbonyl (C=O) groups excluding carboxylic acids is 1. The van der Waals surface area contributed by atoms with Gasteiger partial charge in [-0.1, -0.05) is 5.16 Å². The third-order valence-corrected chi connectivity index (χ3v) is 2.55. The minimum atomic E-state index is 0.121. The van der Waals surface area contributed by atoms with Crippen molar-refractivity contribution in [3.63, 3.8) is 0 Å². The van der Waals surface area contributed by atoms with E-state index in [-0.39, 0.29) is 17.6 Å². The molecule has 0 aliphatic rings. The van der Waals surface area contributed by atoms with Crippen LogP contribution < -0.4 is 5.73 Å². The predicted molar refractivity (Wildman–Crippen MR) is 77.4 cm³/mol. The third kappa shape index (κ3) is 3.26. The van der Waals surface area contributed by atoms with Crippen LogP contribution in [0.5, 0.6) is 0 Å². The van der Waals surface area contributed by atoms with Crippen molar-refractivity contribution < 1.29 is 9.32 Å². The molecule has 0 aliphatic carbocycles. The van der Waals surface area contributed by atoms with Gasteiger partial charge in [0.2, 0.25) is 17.6 Å². The van der Waals surface area contributed by atoms with Crippen molar-refractivity contribution in [1.29, 1.82) is 0 Å². The van der Waals surface area contributed by atoms with Crippen molar-refractivity contribution in [2.24, 2.45) is 0 Å². The summed E-state index contributed by atoms with van der Waals surface area (Å²) in [6, 6.07) is 3.72. The molecule has 0 saturated heterocycles. The van der Waals surface area contributed by atoms with Crippen LogP contribution in [0.1, 0.15) is 11.5 Å². The molecule has 112 valence electrons. The van der Waals surface area contributed by atoms with E-state index in [0.29, 0.717) is 11.7 Å². The molecule has 9 nitrogen and oxygen atoms in total. The van der Waals surface area contributed by atoms with Gasteiger partial charge in [0.1, 0.15) is 12.6 Å². The maximum Gasteiger partial charge on any atom is 0.259 e. The molecule has 0 spiro atoms. The lowest BCUT2D eigenvalue weighted by Crippen LogP contribution is -2.02. The average Bonchev–Trinajstić information content (AvgIpc) is 2.99. The summed E-state index contributed by atoms with van der Waals surface area (Å²) in [5.74, 6) is 1.51. The van der Waals surface area contributed by atoms with E-state index in [2.05, 4.69) is 30.1 Å². The predicted octanol–water partition coefficient (Wildman–Crippen LogP) is 0.998. The zero-order valence-corrected chi connectivity index (χ0v) is 12.0. The molecule has 0 aliphatic heterocycles. The minimum absolute atomic E-state index is 0.121. The molecule has 9 heteroatoms. The van der Waals surface area contributed by atoms with Crippen molar-refractivity contribution in [3.05, 3.63) is 29.8 Å². The van der Waals surface area contributed by atoms with Gasteiger partial charge in [-0.3, -0.25) is 4.98 Å². The van der Waals surface area contributed by atoms with Crippen LogP contribution in [0.25, 0.3) is 23.1 Å². The molecule has 0 fully saturated rings. The Morgan fingerprint density at radius 3 is 2.45 bits per heavy atom. The molecule has 0 aromatic carbocycles. The van der Waals surface area contributed by atoms with E-state index in [4.69, 9.17) is 15.1 Å². The van der Waals surface area contributed by atoms with Gasteiger partial charge >= 0.3 is 0 Å². The molecule has 2 N–H and O–H groups in total. The van der Waals surface area contributed by atoms with Crippen LogP contribution in [0.4, 0.5) is 5.95 Å². The van der Waals surface area contributed by atoms with Gasteiger partial charge in [-0.05, 0) is 26.0 Å². The third-order valence-electron chi connectivity index (χ3n) is 2.55. The van der Waals surface area contributed by atoms with Crippen molar-refractivity contribution in [1.82, 2.24) is 30.1 Å². The highest BCUT2D eigenvalue weighted by Gasteiger charge is 2.14. The lowest BCUT2D eigenvalue weighted by molar-refractivity contribution is -0.0979. The minimum Gasteiger partial charge on any atom is -0.368 e. The van der Waals surface area contributed by atoms with Gasteiger partial charge in [0.15, 0.2) is 0 Å². The Bertz CT molecular complexity index is 750. The molecular weight excluding hydrogens is 286 g/mol. The first kappa shape index (κ1) is 15.2. The summed E-state index contributed by atoms with van der Waals surface area (Å²) in [4.78, 5) is 28.4. The highest BCUT2D eigenvalue weighted by molar-refractivity contribution is 5.55. The molecule has 0 unspecified atom stereocenters. The summed E-state index contributed by atoms with van der Waals surface area (Å²) in [5, 5.41) is 3.85. The number of aryl methyl sites for hydroxylation is 2. The zero-order valence-electron chi connectivity index (χ0n) is 12.0. The topological polar surface area (TPSA) is 134 Å². The van der Waals surface area contributed by atoms with Crippen LogP contribution in [0, 0.1) is 13.8 Å². The summed E-state index contributed by atoms with van der Waals surface area (Å²) >= 11 is 0. The molecule has 0 atom stereocenters. The molecule has 3 aromatic rings. The van der Waals surface area contributed by atoms with E-state index in [0.717, 1.165) is 11.3 Å². The number of hydrogen-bond acceptors (Lipinski definition) is 9. The molecule has 3 rings (SSSR count). The van der Waals surface area contributed by atoms with Gasteiger partial charge in [0.05, 0.1) is 5.56 Å². The standard InChI is InChI=1S/C12H11N7O.CH2O/c1-6-3-4-8(5-14-6)11-17-10(19-20-11)9-15-7(2)16-12(13)18-9;1-2/h3-5H,1-2H3,(H2,13,15,16,18);1H2. The fourth-order valence-corrected chi connectivity index (χ4v) is 1.63. The Morgan fingerprint density at radius 2 is 1.82 bits per heavy atom. The molecule has 22 heavy (non-hydrogen) atoms. The number of anilines is 1. The van der Waals surface area contributed by atoms with Gasteiger partial charge in [0.25, 0.3) is 5.89 Å². The molecular formula is C13H13N7O2. The Morgan fingerprint density at radius 1 is 1.05 bits per heavy atom. The van der Waals surface area contributed by atoms with Gasteiger partial charge < -0.3 is 15.1 Å². The molecule has 3 heterocycles. The Kier molecular flexibility index (Phi) is 4.47. The normalized spacial score (nSPS) is 9.91. The lowest BCUT2D eigenvalue weighted by Gasteiger charge is -1.96. The SMILES string of the molecule is C=O.Cc1ccc(-c2nc(-c3nc(C)nc(N)n3)no2)cn1. The van der Waals surface area contributed by atoms with Gasteiger partial charge in [0, 0.05) is 11.9 Å². The second kappa shape index (κ2) is 6.48. The van der Waals surface area contributed by atoms with Crippen molar-refractivity contribution in [2.75, 3.05) is 5.73 Å². The summed E-state index contributed by atoms with van der Waals surface area (Å²) in [6.45, 7) is 5.62. The molecule has 0 amide bonds. The summed E-state index contributed by atoms with van der Waals surface area (Å²) in [7, 11) is 0. The maximum absolute atomic E-state index is 8.00. The lowest BCUT2D eigenvalue weighted by atomic mass is 10.2. The van der Waals surface area contributed by atoms with E-state index in [9.17, 15) is 0 Å². The first-order chi connectivity index (χ1) is 10.6. The van der Waals surface area contributed by atoms with Crippen LogP contribution in [-0.4, -0.2) is 36.9 Å². The summed E-state index contributed by atoms with van der Waals surface area (Å²) in [5.41, 5.74) is 7.21. The second-order valence-corrected chi connectivity index (χ2v) is 4.18. The molecule has 0 bridgehead atoms. The number of nitrogen functional groups attached to an aromatic ring is 1. The number of hydrogen-bond donors (Lipinski definition) is 1. The Balaban J connectivity index is 0.000000847. The van der Waals surface area contributed by atoms with Crippen molar-refractivity contribution in [2.45, 2.75) is 13.8 Å². The highest BCUT2D eigenvalue weighted by atomic mass is 16.5. The highest BCUT2D eigenvalue weighted by Crippen LogP contribution is 2.19. The number of nitrogens with zero attached hydrogens (tertiary/aromatic N) is 6.